The quantitative estimate of drug-likeness (QED) is 0.339. The zero-order valence-electron chi connectivity index (χ0n) is 9.48. The molecule has 0 bridgehead atoms. The molecule has 0 aromatic heterocycles. The number of oxime groups is 1. The zero-order valence-corrected chi connectivity index (χ0v) is 9.48. The van der Waals surface area contributed by atoms with E-state index >= 15 is 0 Å². The predicted octanol–water partition coefficient (Wildman–Crippen LogP) is 1.16. The van der Waals surface area contributed by atoms with Crippen molar-refractivity contribution < 1.29 is 5.21 Å². The summed E-state index contributed by atoms with van der Waals surface area (Å²) in [6, 6.07) is 6.01. The van der Waals surface area contributed by atoms with Crippen LogP contribution in [0.2, 0.25) is 0 Å². The highest BCUT2D eigenvalue weighted by Gasteiger charge is 2.15. The smallest absolute Gasteiger partial charge is 0.170 e. The van der Waals surface area contributed by atoms with Gasteiger partial charge in [0.2, 0.25) is 0 Å². The lowest BCUT2D eigenvalue weighted by atomic mass is 9.97. The van der Waals surface area contributed by atoms with Crippen molar-refractivity contribution in [2.75, 3.05) is 13.1 Å². The number of fused-ring (bicyclic) bond motifs is 1. The highest BCUT2D eigenvalue weighted by molar-refractivity contribution is 5.97. The Hall–Kier alpha value is -1.55. The third-order valence-electron chi connectivity index (χ3n) is 3.15. The maximum atomic E-state index is 8.64. The lowest BCUT2D eigenvalue weighted by Crippen LogP contribution is -2.30. The maximum Gasteiger partial charge on any atom is 0.170 e. The van der Waals surface area contributed by atoms with Gasteiger partial charge in [0.15, 0.2) is 5.84 Å². The second-order valence-electron chi connectivity index (χ2n) is 4.09. The van der Waals surface area contributed by atoms with Gasteiger partial charge in [0.05, 0.1) is 0 Å². The van der Waals surface area contributed by atoms with E-state index in [2.05, 4.69) is 23.0 Å². The van der Waals surface area contributed by atoms with Crippen LogP contribution in [0.1, 0.15) is 23.6 Å². The molecule has 1 aromatic carbocycles. The van der Waals surface area contributed by atoms with Crippen molar-refractivity contribution in [1.82, 2.24) is 4.90 Å². The van der Waals surface area contributed by atoms with Gasteiger partial charge in [-0.3, -0.25) is 4.90 Å². The number of likely N-dealkylation sites (N-methyl/N-ethyl adjacent to an activating group) is 1. The molecule has 3 N–H and O–H groups in total. The molecule has 2 rings (SSSR count). The van der Waals surface area contributed by atoms with Crippen molar-refractivity contribution in [1.29, 1.82) is 0 Å². The molecule has 0 spiro atoms. The lowest BCUT2D eigenvalue weighted by Gasteiger charge is -2.27. The van der Waals surface area contributed by atoms with Crippen LogP contribution in [0, 0.1) is 0 Å². The monoisotopic (exact) mass is 219 g/mol. The lowest BCUT2D eigenvalue weighted by molar-refractivity contribution is 0.268. The first kappa shape index (κ1) is 11.0. The average Bonchev–Trinajstić information content (AvgIpc) is 2.36. The zero-order chi connectivity index (χ0) is 11.5. The van der Waals surface area contributed by atoms with Gasteiger partial charge >= 0.3 is 0 Å². The summed E-state index contributed by atoms with van der Waals surface area (Å²) < 4.78 is 0. The Morgan fingerprint density at radius 3 is 3.00 bits per heavy atom. The van der Waals surface area contributed by atoms with Crippen LogP contribution in [0.25, 0.3) is 0 Å². The molecular weight excluding hydrogens is 202 g/mol. The minimum Gasteiger partial charge on any atom is -0.409 e. The topological polar surface area (TPSA) is 61.8 Å². The molecule has 4 heteroatoms. The van der Waals surface area contributed by atoms with Gasteiger partial charge < -0.3 is 10.9 Å². The normalized spacial score (nSPS) is 17.2. The number of benzene rings is 1. The molecule has 1 heterocycles. The second-order valence-corrected chi connectivity index (χ2v) is 4.09. The Balaban J connectivity index is 2.31. The second kappa shape index (κ2) is 4.53. The first-order valence-corrected chi connectivity index (χ1v) is 5.56. The fraction of sp³-hybridized carbons (Fsp3) is 0.417. The molecule has 0 unspecified atom stereocenters. The molecule has 86 valence electrons. The fourth-order valence-electron chi connectivity index (χ4n) is 2.10. The van der Waals surface area contributed by atoms with Crippen LogP contribution in [-0.4, -0.2) is 29.0 Å². The summed E-state index contributed by atoms with van der Waals surface area (Å²) >= 11 is 0. The van der Waals surface area contributed by atoms with Gasteiger partial charge in [-0.25, -0.2) is 0 Å². The number of nitrogens with two attached hydrogens (primary N) is 1. The molecule has 0 fully saturated rings. The van der Waals surface area contributed by atoms with Gasteiger partial charge in [0.25, 0.3) is 0 Å². The number of amidine groups is 1. The van der Waals surface area contributed by atoms with Crippen LogP contribution < -0.4 is 5.73 Å². The van der Waals surface area contributed by atoms with E-state index in [-0.39, 0.29) is 5.84 Å². The summed E-state index contributed by atoms with van der Waals surface area (Å²) in [6.07, 6.45) is 1.08. The number of hydrogen-bond acceptors (Lipinski definition) is 3. The van der Waals surface area contributed by atoms with E-state index in [9.17, 15) is 0 Å². The van der Waals surface area contributed by atoms with E-state index in [1.165, 1.54) is 11.1 Å². The Labute approximate surface area is 95.4 Å². The van der Waals surface area contributed by atoms with E-state index in [0.29, 0.717) is 0 Å². The number of hydrogen-bond donors (Lipinski definition) is 2. The first-order chi connectivity index (χ1) is 7.74. The van der Waals surface area contributed by atoms with Crippen LogP contribution in [0.15, 0.2) is 23.4 Å². The number of rotatable bonds is 2. The molecule has 1 aromatic rings. The van der Waals surface area contributed by atoms with E-state index in [4.69, 9.17) is 10.9 Å². The standard InChI is InChI=1S/C12H17N3O/c1-2-15-6-5-9-3-4-10(12(13)14-16)7-11(9)8-15/h3-4,7,16H,2,5-6,8H2,1H3,(H2,13,14). The van der Waals surface area contributed by atoms with Crippen LogP contribution >= 0.6 is 0 Å². The molecule has 1 aliphatic heterocycles. The largest absolute Gasteiger partial charge is 0.409 e. The van der Waals surface area contributed by atoms with Gasteiger partial charge in [0.1, 0.15) is 0 Å². The summed E-state index contributed by atoms with van der Waals surface area (Å²) in [6.45, 7) is 5.30. The van der Waals surface area contributed by atoms with Gasteiger partial charge in [0, 0.05) is 18.7 Å². The molecule has 16 heavy (non-hydrogen) atoms. The predicted molar refractivity (Wildman–Crippen MR) is 63.6 cm³/mol. The van der Waals surface area contributed by atoms with E-state index in [1.54, 1.807) is 0 Å². The molecule has 0 saturated heterocycles. The highest BCUT2D eigenvalue weighted by Crippen LogP contribution is 2.20. The summed E-state index contributed by atoms with van der Waals surface area (Å²) in [5, 5.41) is 11.7. The summed E-state index contributed by atoms with van der Waals surface area (Å²) in [4.78, 5) is 2.39. The van der Waals surface area contributed by atoms with Crippen molar-refractivity contribution in [2.45, 2.75) is 19.9 Å². The summed E-state index contributed by atoms with van der Waals surface area (Å²) in [5.74, 6) is 0.177. The first-order valence-electron chi connectivity index (χ1n) is 5.56. The van der Waals surface area contributed by atoms with Crippen molar-refractivity contribution in [3.63, 3.8) is 0 Å². The van der Waals surface area contributed by atoms with Gasteiger partial charge in [-0.15, -0.1) is 0 Å². The van der Waals surface area contributed by atoms with E-state index < -0.39 is 0 Å². The summed E-state index contributed by atoms with van der Waals surface area (Å²) in [5.41, 5.74) is 9.04. The fourth-order valence-corrected chi connectivity index (χ4v) is 2.10. The summed E-state index contributed by atoms with van der Waals surface area (Å²) in [7, 11) is 0. The Bertz CT molecular complexity index is 415. The molecular formula is C12H17N3O. The van der Waals surface area contributed by atoms with Gasteiger partial charge in [-0.05, 0) is 30.2 Å². The average molecular weight is 219 g/mol. The van der Waals surface area contributed by atoms with Crippen molar-refractivity contribution >= 4 is 5.84 Å². The Kier molecular flexibility index (Phi) is 3.10. The molecule has 4 nitrogen and oxygen atoms in total. The molecule has 0 saturated carbocycles. The molecule has 0 amide bonds. The molecule has 1 aliphatic rings. The van der Waals surface area contributed by atoms with Gasteiger partial charge in [-0.1, -0.05) is 24.2 Å². The van der Waals surface area contributed by atoms with Crippen LogP contribution in [0.3, 0.4) is 0 Å². The Morgan fingerprint density at radius 2 is 2.31 bits per heavy atom. The third-order valence-corrected chi connectivity index (χ3v) is 3.15. The Morgan fingerprint density at radius 1 is 1.50 bits per heavy atom. The van der Waals surface area contributed by atoms with E-state index in [1.807, 2.05) is 12.1 Å². The SMILES string of the molecule is CCN1CCc2ccc(/C(N)=N/O)cc2C1. The molecule has 0 radical (unpaired) electrons. The molecule has 0 atom stereocenters. The van der Waals surface area contributed by atoms with Crippen molar-refractivity contribution in [3.05, 3.63) is 34.9 Å². The van der Waals surface area contributed by atoms with Crippen molar-refractivity contribution in [3.8, 4) is 0 Å². The number of nitrogens with zero attached hydrogens (tertiary/aromatic N) is 2. The van der Waals surface area contributed by atoms with Gasteiger partial charge in [-0.2, -0.15) is 0 Å². The molecule has 0 aliphatic carbocycles. The minimum atomic E-state index is 0.177. The maximum absolute atomic E-state index is 8.64. The van der Waals surface area contributed by atoms with Crippen LogP contribution in [0.4, 0.5) is 0 Å². The minimum absolute atomic E-state index is 0.177. The van der Waals surface area contributed by atoms with Crippen LogP contribution in [0.5, 0.6) is 0 Å². The van der Waals surface area contributed by atoms with E-state index in [0.717, 1.165) is 31.6 Å². The van der Waals surface area contributed by atoms with Crippen LogP contribution in [-0.2, 0) is 13.0 Å². The third kappa shape index (κ3) is 2.02. The highest BCUT2D eigenvalue weighted by atomic mass is 16.4. The van der Waals surface area contributed by atoms with Crippen molar-refractivity contribution in [2.24, 2.45) is 10.9 Å².